The molecular weight excluding hydrogens is 268 g/mol. The number of hydrogen-bond acceptors (Lipinski definition) is 4. The van der Waals surface area contributed by atoms with Crippen LogP contribution in [0.4, 0.5) is 0 Å². The topological polar surface area (TPSA) is 63.8 Å². The predicted molar refractivity (Wildman–Crippen MR) is 82.4 cm³/mol. The number of nitrogens with zero attached hydrogens (tertiary/aromatic N) is 2. The molecule has 0 aliphatic rings. The Hall–Kier alpha value is -2.56. The van der Waals surface area contributed by atoms with Gasteiger partial charge in [-0.2, -0.15) is 5.10 Å². The highest BCUT2D eigenvalue weighted by molar-refractivity contribution is 5.80. The van der Waals surface area contributed by atoms with Gasteiger partial charge < -0.3 is 9.84 Å². The summed E-state index contributed by atoms with van der Waals surface area (Å²) in [4.78, 5) is 11.9. The second-order valence-corrected chi connectivity index (χ2v) is 4.73. The summed E-state index contributed by atoms with van der Waals surface area (Å²) in [5, 5.41) is 13.8. The van der Waals surface area contributed by atoms with E-state index in [0.717, 1.165) is 16.8 Å². The van der Waals surface area contributed by atoms with Gasteiger partial charge in [-0.05, 0) is 56.2 Å². The number of aromatic hydroxyl groups is 1. The second kappa shape index (κ2) is 6.26. The number of hydrogen-bond donors (Lipinski definition) is 1. The van der Waals surface area contributed by atoms with Crippen molar-refractivity contribution in [1.29, 1.82) is 0 Å². The first-order chi connectivity index (χ1) is 10.0. The molecule has 0 saturated carbocycles. The van der Waals surface area contributed by atoms with E-state index in [-0.39, 0.29) is 11.3 Å². The summed E-state index contributed by atoms with van der Waals surface area (Å²) >= 11 is 0. The fraction of sp³-hybridized carbons (Fsp3) is 0.250. The Labute approximate surface area is 123 Å². The Bertz CT molecular complexity index is 733. The second-order valence-electron chi connectivity index (χ2n) is 4.73. The van der Waals surface area contributed by atoms with Gasteiger partial charge in [0.25, 0.3) is 5.56 Å². The molecule has 0 unspecified atom stereocenters. The SMILES string of the molecule is CCOc1cc(/C=N/n2c(C)cc(C)cc2=O)ccc1O. The molecule has 5 heteroatoms. The molecule has 0 fully saturated rings. The van der Waals surface area contributed by atoms with Gasteiger partial charge in [0.15, 0.2) is 11.5 Å². The first-order valence-electron chi connectivity index (χ1n) is 6.71. The van der Waals surface area contributed by atoms with Crippen LogP contribution in [0.25, 0.3) is 0 Å². The molecule has 0 bridgehead atoms. The fourth-order valence-electron chi connectivity index (χ4n) is 2.02. The molecule has 2 rings (SSSR count). The van der Waals surface area contributed by atoms with Gasteiger partial charge in [-0.15, -0.1) is 0 Å². The lowest BCUT2D eigenvalue weighted by molar-refractivity contribution is 0.318. The van der Waals surface area contributed by atoms with Crippen LogP contribution in [0.1, 0.15) is 23.7 Å². The van der Waals surface area contributed by atoms with Gasteiger partial charge in [0.2, 0.25) is 0 Å². The minimum Gasteiger partial charge on any atom is -0.504 e. The average molecular weight is 286 g/mol. The van der Waals surface area contributed by atoms with Crippen LogP contribution < -0.4 is 10.3 Å². The van der Waals surface area contributed by atoms with E-state index < -0.39 is 0 Å². The van der Waals surface area contributed by atoms with Crippen LogP contribution in [0.3, 0.4) is 0 Å². The van der Waals surface area contributed by atoms with E-state index in [1.54, 1.807) is 18.3 Å². The Morgan fingerprint density at radius 3 is 2.71 bits per heavy atom. The molecular formula is C16H18N2O3. The zero-order valence-electron chi connectivity index (χ0n) is 12.3. The molecule has 2 aromatic rings. The highest BCUT2D eigenvalue weighted by Gasteiger charge is 2.03. The lowest BCUT2D eigenvalue weighted by Gasteiger charge is -2.07. The summed E-state index contributed by atoms with van der Waals surface area (Å²) in [6, 6.07) is 8.35. The van der Waals surface area contributed by atoms with E-state index in [0.29, 0.717) is 12.4 Å². The van der Waals surface area contributed by atoms with E-state index in [1.165, 1.54) is 16.8 Å². The van der Waals surface area contributed by atoms with Crippen LogP contribution in [0.15, 0.2) is 40.2 Å². The molecule has 110 valence electrons. The van der Waals surface area contributed by atoms with Crippen LogP contribution in [0.5, 0.6) is 11.5 Å². The van der Waals surface area contributed by atoms with Gasteiger partial charge in [-0.1, -0.05) is 0 Å². The number of phenolic OH excluding ortho intramolecular Hbond substituents is 1. The molecule has 0 aliphatic carbocycles. The molecule has 1 aromatic carbocycles. The molecule has 0 amide bonds. The van der Waals surface area contributed by atoms with Gasteiger partial charge in [-0.25, -0.2) is 4.68 Å². The van der Waals surface area contributed by atoms with Crippen molar-refractivity contribution in [3.63, 3.8) is 0 Å². The van der Waals surface area contributed by atoms with Gasteiger partial charge in [0.05, 0.1) is 12.8 Å². The van der Waals surface area contributed by atoms with Crippen molar-refractivity contribution in [3.05, 3.63) is 57.5 Å². The minimum absolute atomic E-state index is 0.0812. The lowest BCUT2D eigenvalue weighted by Crippen LogP contribution is -2.18. The maximum atomic E-state index is 11.9. The highest BCUT2D eigenvalue weighted by atomic mass is 16.5. The Morgan fingerprint density at radius 1 is 1.29 bits per heavy atom. The summed E-state index contributed by atoms with van der Waals surface area (Å²) in [6.45, 7) is 6.01. The van der Waals surface area contributed by atoms with Crippen molar-refractivity contribution in [2.24, 2.45) is 5.10 Å². The third-order valence-electron chi connectivity index (χ3n) is 2.94. The molecule has 1 aromatic heterocycles. The molecule has 0 saturated heterocycles. The maximum Gasteiger partial charge on any atom is 0.271 e. The molecule has 21 heavy (non-hydrogen) atoms. The monoisotopic (exact) mass is 286 g/mol. The van der Waals surface area contributed by atoms with Crippen molar-refractivity contribution in [2.45, 2.75) is 20.8 Å². The van der Waals surface area contributed by atoms with Crippen molar-refractivity contribution in [3.8, 4) is 11.5 Å². The third-order valence-corrected chi connectivity index (χ3v) is 2.94. The number of ether oxygens (including phenoxy) is 1. The maximum absolute atomic E-state index is 11.9. The number of rotatable bonds is 4. The average Bonchev–Trinajstić information content (AvgIpc) is 2.41. The first-order valence-corrected chi connectivity index (χ1v) is 6.71. The number of aryl methyl sites for hydroxylation is 2. The third kappa shape index (κ3) is 3.51. The molecule has 0 spiro atoms. The molecule has 0 atom stereocenters. The van der Waals surface area contributed by atoms with Gasteiger partial charge in [0.1, 0.15) is 0 Å². The van der Waals surface area contributed by atoms with Crippen molar-refractivity contribution < 1.29 is 9.84 Å². The smallest absolute Gasteiger partial charge is 0.271 e. The summed E-state index contributed by atoms with van der Waals surface area (Å²) < 4.78 is 6.65. The zero-order valence-corrected chi connectivity index (χ0v) is 12.3. The summed E-state index contributed by atoms with van der Waals surface area (Å²) in [7, 11) is 0. The van der Waals surface area contributed by atoms with E-state index in [1.807, 2.05) is 26.8 Å². The van der Waals surface area contributed by atoms with E-state index in [9.17, 15) is 9.90 Å². The van der Waals surface area contributed by atoms with Crippen LogP contribution in [-0.4, -0.2) is 22.6 Å². The highest BCUT2D eigenvalue weighted by Crippen LogP contribution is 2.26. The van der Waals surface area contributed by atoms with E-state index in [4.69, 9.17) is 4.74 Å². The van der Waals surface area contributed by atoms with E-state index >= 15 is 0 Å². The molecule has 5 nitrogen and oxygen atoms in total. The van der Waals surface area contributed by atoms with Crippen LogP contribution >= 0.6 is 0 Å². The lowest BCUT2D eigenvalue weighted by atomic mass is 10.2. The Kier molecular flexibility index (Phi) is 4.42. The fourth-order valence-corrected chi connectivity index (χ4v) is 2.02. The molecule has 0 aliphatic heterocycles. The van der Waals surface area contributed by atoms with Crippen LogP contribution in [0, 0.1) is 13.8 Å². The quantitative estimate of drug-likeness (QED) is 0.878. The Morgan fingerprint density at radius 2 is 2.05 bits per heavy atom. The zero-order chi connectivity index (χ0) is 15.4. The van der Waals surface area contributed by atoms with Crippen molar-refractivity contribution in [2.75, 3.05) is 6.61 Å². The standard InChI is InChI=1S/C16H18N2O3/c1-4-21-15-9-13(5-6-14(15)19)10-17-18-12(3)7-11(2)8-16(18)20/h5-10,19H,4H2,1-3H3/b17-10+. The molecule has 1 heterocycles. The van der Waals surface area contributed by atoms with Gasteiger partial charge in [0, 0.05) is 11.8 Å². The number of benzene rings is 1. The number of aromatic nitrogens is 1. The largest absolute Gasteiger partial charge is 0.504 e. The number of phenols is 1. The minimum atomic E-state index is -0.174. The van der Waals surface area contributed by atoms with Crippen LogP contribution in [-0.2, 0) is 0 Å². The van der Waals surface area contributed by atoms with Crippen LogP contribution in [0.2, 0.25) is 0 Å². The molecule has 1 N–H and O–H groups in total. The summed E-state index contributed by atoms with van der Waals surface area (Å²) in [5.41, 5.74) is 2.24. The van der Waals surface area contributed by atoms with Gasteiger partial charge in [-0.3, -0.25) is 4.79 Å². The van der Waals surface area contributed by atoms with E-state index in [2.05, 4.69) is 5.10 Å². The van der Waals surface area contributed by atoms with Gasteiger partial charge >= 0.3 is 0 Å². The summed E-state index contributed by atoms with van der Waals surface area (Å²) in [6.07, 6.45) is 1.56. The number of pyridine rings is 1. The first kappa shape index (κ1) is 14.8. The normalized spacial score (nSPS) is 11.0. The summed E-state index contributed by atoms with van der Waals surface area (Å²) in [5.74, 6) is 0.479. The Balaban J connectivity index is 2.34. The molecule has 0 radical (unpaired) electrons. The van der Waals surface area contributed by atoms with Crippen molar-refractivity contribution >= 4 is 6.21 Å². The predicted octanol–water partition coefficient (Wildman–Crippen LogP) is 2.45. The van der Waals surface area contributed by atoms with Crippen molar-refractivity contribution in [1.82, 2.24) is 4.68 Å².